The minimum absolute atomic E-state index is 0.387. The van der Waals surface area contributed by atoms with Gasteiger partial charge in [0.05, 0.1) is 0 Å². The van der Waals surface area contributed by atoms with Crippen LogP contribution in [0.5, 0.6) is 0 Å². The van der Waals surface area contributed by atoms with Gasteiger partial charge in [0.25, 0.3) is 0 Å². The number of nitrogens with one attached hydrogen (secondary N) is 1. The molecule has 0 saturated heterocycles. The first kappa shape index (κ1) is 23.4. The van der Waals surface area contributed by atoms with Gasteiger partial charge in [-0.15, -0.1) is 5.10 Å². The van der Waals surface area contributed by atoms with E-state index in [9.17, 15) is 4.79 Å². The van der Waals surface area contributed by atoms with Crippen LogP contribution < -0.4 is 10.6 Å². The third kappa shape index (κ3) is 6.17. The number of carbonyl (C=O) groups is 1. The van der Waals surface area contributed by atoms with Crippen LogP contribution in [0.15, 0.2) is 53.0 Å². The summed E-state index contributed by atoms with van der Waals surface area (Å²) in [4.78, 5) is 16.3. The van der Waals surface area contributed by atoms with Gasteiger partial charge in [-0.05, 0) is 84.5 Å². The van der Waals surface area contributed by atoms with E-state index in [2.05, 4.69) is 65.7 Å². The number of nitrogens with two attached hydrogens (primary N) is 1. The van der Waals surface area contributed by atoms with Gasteiger partial charge in [-0.2, -0.15) is 0 Å². The number of amides is 2. The number of halogens is 1. The Hall–Kier alpha value is -2.78. The number of hydrogen-bond acceptors (Lipinski definition) is 5. The SMILES string of the molecule is NC(=O)N(CCCN(CCCc1nnn[nH]1)C1CCCc2ccccc21)c1ccc(Br)cc1. The number of nitrogens with zero attached hydrogens (tertiary/aromatic N) is 5. The summed E-state index contributed by atoms with van der Waals surface area (Å²) >= 11 is 3.44. The van der Waals surface area contributed by atoms with E-state index >= 15 is 0 Å². The van der Waals surface area contributed by atoms with Gasteiger partial charge in [-0.1, -0.05) is 40.2 Å². The van der Waals surface area contributed by atoms with Crippen molar-refractivity contribution in [3.8, 4) is 0 Å². The highest BCUT2D eigenvalue weighted by Gasteiger charge is 2.25. The number of H-pyrrole nitrogens is 1. The number of carbonyl (C=O) groups excluding carboxylic acids is 1. The summed E-state index contributed by atoms with van der Waals surface area (Å²) in [5, 5.41) is 14.2. The Morgan fingerprint density at radius 3 is 2.64 bits per heavy atom. The van der Waals surface area contributed by atoms with Crippen LogP contribution >= 0.6 is 15.9 Å². The molecule has 3 aromatic rings. The Balaban J connectivity index is 1.43. The average Bonchev–Trinajstić information content (AvgIpc) is 3.34. The standard InChI is InChI=1S/C24H30BrN7O/c25-19-11-13-20(14-12-19)32(24(26)33)17-5-16-31(15-4-10-23-27-29-30-28-23)22-9-3-7-18-6-1-2-8-21(18)22/h1-2,6,8,11-14,22H,3-5,7,9-10,15-17H2,(H2,26,33)(H,27,28,29,30). The van der Waals surface area contributed by atoms with E-state index in [-0.39, 0.29) is 0 Å². The lowest BCUT2D eigenvalue weighted by Crippen LogP contribution is -2.39. The highest BCUT2D eigenvalue weighted by Crippen LogP contribution is 2.34. The van der Waals surface area contributed by atoms with E-state index in [1.54, 1.807) is 4.90 Å². The molecule has 2 aromatic carbocycles. The molecule has 1 aliphatic carbocycles. The number of urea groups is 1. The van der Waals surface area contributed by atoms with Crippen molar-refractivity contribution in [1.29, 1.82) is 0 Å². The lowest BCUT2D eigenvalue weighted by atomic mass is 9.86. The summed E-state index contributed by atoms with van der Waals surface area (Å²) in [7, 11) is 0. The molecule has 4 rings (SSSR count). The van der Waals surface area contributed by atoms with Gasteiger partial charge in [-0.25, -0.2) is 9.89 Å². The molecule has 9 heteroatoms. The number of rotatable bonds is 10. The van der Waals surface area contributed by atoms with Gasteiger partial charge in [0.2, 0.25) is 0 Å². The van der Waals surface area contributed by atoms with Crippen molar-refractivity contribution in [2.45, 2.75) is 44.6 Å². The zero-order valence-electron chi connectivity index (χ0n) is 18.7. The minimum Gasteiger partial charge on any atom is -0.351 e. The summed E-state index contributed by atoms with van der Waals surface area (Å²) < 4.78 is 0.972. The molecule has 1 aromatic heterocycles. The molecule has 0 spiro atoms. The van der Waals surface area contributed by atoms with Crippen molar-refractivity contribution in [3.63, 3.8) is 0 Å². The van der Waals surface area contributed by atoms with Gasteiger partial charge >= 0.3 is 6.03 Å². The maximum absolute atomic E-state index is 12.1. The van der Waals surface area contributed by atoms with Crippen LogP contribution in [0.2, 0.25) is 0 Å². The summed E-state index contributed by atoms with van der Waals surface area (Å²) in [6.07, 6.45) is 6.08. The predicted molar refractivity (Wildman–Crippen MR) is 132 cm³/mol. The molecule has 0 fully saturated rings. The Morgan fingerprint density at radius 1 is 1.09 bits per heavy atom. The normalized spacial score (nSPS) is 15.4. The Kier molecular flexibility index (Phi) is 8.06. The Morgan fingerprint density at radius 2 is 1.88 bits per heavy atom. The second-order valence-corrected chi connectivity index (χ2v) is 9.33. The van der Waals surface area contributed by atoms with Crippen molar-refractivity contribution in [3.05, 3.63) is 70.0 Å². The largest absolute Gasteiger partial charge is 0.351 e. The molecule has 33 heavy (non-hydrogen) atoms. The zero-order valence-corrected chi connectivity index (χ0v) is 20.2. The molecule has 0 aliphatic heterocycles. The summed E-state index contributed by atoms with van der Waals surface area (Å²) in [6, 6.07) is 16.4. The maximum Gasteiger partial charge on any atom is 0.319 e. The van der Waals surface area contributed by atoms with E-state index in [1.165, 1.54) is 17.5 Å². The van der Waals surface area contributed by atoms with Crippen LogP contribution in [0.4, 0.5) is 10.5 Å². The topological polar surface area (TPSA) is 104 Å². The van der Waals surface area contributed by atoms with Crippen molar-refractivity contribution < 1.29 is 4.79 Å². The fraction of sp³-hybridized carbons (Fsp3) is 0.417. The fourth-order valence-electron chi connectivity index (χ4n) is 4.68. The molecule has 2 amide bonds. The van der Waals surface area contributed by atoms with Crippen LogP contribution in [0, 0.1) is 0 Å². The van der Waals surface area contributed by atoms with Crippen LogP contribution in [-0.4, -0.2) is 51.2 Å². The molecule has 8 nitrogen and oxygen atoms in total. The highest BCUT2D eigenvalue weighted by molar-refractivity contribution is 9.10. The van der Waals surface area contributed by atoms with Crippen molar-refractivity contribution in [2.24, 2.45) is 5.73 Å². The molecule has 1 heterocycles. The quantitative estimate of drug-likeness (QED) is 0.423. The summed E-state index contributed by atoms with van der Waals surface area (Å²) in [5.74, 6) is 0.814. The summed E-state index contributed by atoms with van der Waals surface area (Å²) in [5.41, 5.74) is 9.41. The molecular weight excluding hydrogens is 482 g/mol. The van der Waals surface area contributed by atoms with E-state index in [0.717, 1.165) is 61.2 Å². The van der Waals surface area contributed by atoms with Crippen LogP contribution in [0.1, 0.15) is 48.7 Å². The first-order valence-corrected chi connectivity index (χ1v) is 12.3. The number of aryl methyl sites for hydroxylation is 2. The number of aromatic amines is 1. The monoisotopic (exact) mass is 511 g/mol. The number of benzene rings is 2. The lowest BCUT2D eigenvalue weighted by Gasteiger charge is -2.36. The minimum atomic E-state index is -0.426. The second kappa shape index (κ2) is 11.4. The second-order valence-electron chi connectivity index (χ2n) is 8.41. The molecule has 0 radical (unpaired) electrons. The third-order valence-corrected chi connectivity index (χ3v) is 6.79. The summed E-state index contributed by atoms with van der Waals surface area (Å²) in [6.45, 7) is 2.40. The van der Waals surface area contributed by atoms with Crippen LogP contribution in [0.3, 0.4) is 0 Å². The van der Waals surface area contributed by atoms with E-state index in [0.29, 0.717) is 12.6 Å². The highest BCUT2D eigenvalue weighted by atomic mass is 79.9. The number of hydrogen-bond donors (Lipinski definition) is 2. The van der Waals surface area contributed by atoms with Crippen LogP contribution in [-0.2, 0) is 12.8 Å². The molecule has 1 unspecified atom stereocenters. The van der Waals surface area contributed by atoms with Gasteiger partial charge < -0.3 is 5.73 Å². The number of anilines is 1. The third-order valence-electron chi connectivity index (χ3n) is 6.26. The number of fused-ring (bicyclic) bond motifs is 1. The predicted octanol–water partition coefficient (Wildman–Crippen LogP) is 4.25. The smallest absolute Gasteiger partial charge is 0.319 e. The Labute approximate surface area is 202 Å². The van der Waals surface area contributed by atoms with Crippen LogP contribution in [0.25, 0.3) is 0 Å². The Bertz CT molecular complexity index is 1030. The first-order valence-electron chi connectivity index (χ1n) is 11.5. The molecule has 3 N–H and O–H groups in total. The number of primary amides is 1. The van der Waals surface area contributed by atoms with Gasteiger partial charge in [0.15, 0.2) is 0 Å². The molecule has 1 aliphatic rings. The first-order chi connectivity index (χ1) is 16.1. The van der Waals surface area contributed by atoms with Crippen molar-refractivity contribution in [1.82, 2.24) is 25.5 Å². The van der Waals surface area contributed by atoms with Crippen molar-refractivity contribution >= 4 is 27.6 Å². The molecule has 174 valence electrons. The molecule has 1 atom stereocenters. The molecule has 0 saturated carbocycles. The molecule has 0 bridgehead atoms. The van der Waals surface area contributed by atoms with E-state index in [1.807, 2.05) is 24.3 Å². The average molecular weight is 512 g/mol. The zero-order chi connectivity index (χ0) is 23.0. The number of aromatic nitrogens is 4. The van der Waals surface area contributed by atoms with E-state index in [4.69, 9.17) is 5.73 Å². The van der Waals surface area contributed by atoms with Gasteiger partial charge in [0.1, 0.15) is 5.82 Å². The lowest BCUT2D eigenvalue weighted by molar-refractivity contribution is 0.174. The number of tetrazole rings is 1. The van der Waals surface area contributed by atoms with E-state index < -0.39 is 6.03 Å². The maximum atomic E-state index is 12.1. The molecular formula is C24H30BrN7O. The fourth-order valence-corrected chi connectivity index (χ4v) is 4.95. The van der Waals surface area contributed by atoms with Crippen molar-refractivity contribution in [2.75, 3.05) is 24.5 Å². The van der Waals surface area contributed by atoms with Gasteiger partial charge in [-0.3, -0.25) is 9.80 Å². The van der Waals surface area contributed by atoms with Gasteiger partial charge in [0, 0.05) is 35.7 Å².